The van der Waals surface area contributed by atoms with Gasteiger partial charge in [-0.05, 0) is 56.0 Å². The van der Waals surface area contributed by atoms with Crippen LogP contribution in [-0.2, 0) is 4.79 Å². The number of carbonyl (C=O) groups excluding carboxylic acids is 1. The third-order valence-electron chi connectivity index (χ3n) is 6.32. The average molecular weight is 443 g/mol. The molecule has 5 rings (SSSR count). The molecular weight excluding hydrogens is 414 g/mol. The van der Waals surface area contributed by atoms with Crippen LogP contribution in [0.3, 0.4) is 0 Å². The number of piperidine rings is 1. The van der Waals surface area contributed by atoms with Crippen molar-refractivity contribution in [3.63, 3.8) is 0 Å². The SMILES string of the molecule is Cc1ccc(Oc2ccccc2)cc1NC(=O)C1CCN(c2[nH+]cnc3[nH]cc(C)c23)CC1. The molecule has 1 aliphatic heterocycles. The summed E-state index contributed by atoms with van der Waals surface area (Å²) >= 11 is 0. The first-order chi connectivity index (χ1) is 16.1. The number of hydrogen-bond donors (Lipinski definition) is 2. The first-order valence-corrected chi connectivity index (χ1v) is 11.3. The van der Waals surface area contributed by atoms with Crippen LogP contribution in [0, 0.1) is 19.8 Å². The maximum Gasteiger partial charge on any atom is 0.234 e. The monoisotopic (exact) mass is 442 g/mol. The molecule has 7 nitrogen and oxygen atoms in total. The van der Waals surface area contributed by atoms with Gasteiger partial charge in [0.2, 0.25) is 23.7 Å². The zero-order valence-electron chi connectivity index (χ0n) is 18.9. The van der Waals surface area contributed by atoms with Crippen LogP contribution < -0.4 is 19.9 Å². The number of fused-ring (bicyclic) bond motifs is 1. The molecule has 1 saturated heterocycles. The number of hydrogen-bond acceptors (Lipinski definition) is 4. The van der Waals surface area contributed by atoms with Gasteiger partial charge in [0.15, 0.2) is 0 Å². The highest BCUT2D eigenvalue weighted by atomic mass is 16.5. The number of aromatic nitrogens is 3. The maximum absolute atomic E-state index is 13.1. The fraction of sp³-hybridized carbons (Fsp3) is 0.269. The van der Waals surface area contributed by atoms with Gasteiger partial charge < -0.3 is 15.0 Å². The Morgan fingerprint density at radius 2 is 1.88 bits per heavy atom. The molecule has 1 aliphatic rings. The van der Waals surface area contributed by atoms with Gasteiger partial charge in [-0.25, -0.2) is 4.98 Å². The molecule has 7 heteroatoms. The molecule has 0 spiro atoms. The summed E-state index contributed by atoms with van der Waals surface area (Å²) < 4.78 is 5.93. The number of carbonyl (C=O) groups is 1. The fourth-order valence-corrected chi connectivity index (χ4v) is 4.41. The summed E-state index contributed by atoms with van der Waals surface area (Å²) in [6, 6.07) is 15.4. The Morgan fingerprint density at radius 3 is 2.67 bits per heavy atom. The second-order valence-electron chi connectivity index (χ2n) is 8.59. The van der Waals surface area contributed by atoms with E-state index in [1.165, 1.54) is 0 Å². The topological polar surface area (TPSA) is 84.4 Å². The van der Waals surface area contributed by atoms with Gasteiger partial charge in [-0.1, -0.05) is 29.2 Å². The van der Waals surface area contributed by atoms with E-state index < -0.39 is 0 Å². The summed E-state index contributed by atoms with van der Waals surface area (Å²) in [5, 5.41) is 4.25. The van der Waals surface area contributed by atoms with E-state index in [1.807, 2.05) is 61.7 Å². The molecule has 3 N–H and O–H groups in total. The lowest BCUT2D eigenvalue weighted by atomic mass is 9.95. The normalized spacial score (nSPS) is 14.4. The summed E-state index contributed by atoms with van der Waals surface area (Å²) in [6.45, 7) is 5.70. The van der Waals surface area contributed by atoms with Crippen molar-refractivity contribution in [3.05, 3.63) is 72.2 Å². The smallest absolute Gasteiger partial charge is 0.234 e. The van der Waals surface area contributed by atoms with E-state index in [2.05, 4.69) is 32.1 Å². The molecule has 0 bridgehead atoms. The van der Waals surface area contributed by atoms with Gasteiger partial charge >= 0.3 is 0 Å². The average Bonchev–Trinajstić information content (AvgIpc) is 3.23. The van der Waals surface area contributed by atoms with Crippen LogP contribution in [0.1, 0.15) is 24.0 Å². The van der Waals surface area contributed by atoms with Crippen molar-refractivity contribution in [2.45, 2.75) is 26.7 Å². The van der Waals surface area contributed by atoms with Crippen molar-refractivity contribution in [1.82, 2.24) is 9.97 Å². The highest BCUT2D eigenvalue weighted by molar-refractivity contribution is 5.94. The molecule has 3 heterocycles. The predicted octanol–water partition coefficient (Wildman–Crippen LogP) is 4.64. The van der Waals surface area contributed by atoms with Crippen molar-refractivity contribution in [3.8, 4) is 11.5 Å². The molecule has 2 aromatic heterocycles. The van der Waals surface area contributed by atoms with Gasteiger partial charge in [0.25, 0.3) is 0 Å². The van der Waals surface area contributed by atoms with Crippen molar-refractivity contribution in [2.24, 2.45) is 5.92 Å². The van der Waals surface area contributed by atoms with E-state index in [4.69, 9.17) is 4.74 Å². The zero-order chi connectivity index (χ0) is 22.8. The number of amides is 1. The van der Waals surface area contributed by atoms with E-state index in [0.717, 1.165) is 65.3 Å². The number of aromatic amines is 2. The summed E-state index contributed by atoms with van der Waals surface area (Å²) in [6.07, 6.45) is 5.30. The number of para-hydroxylation sites is 1. The van der Waals surface area contributed by atoms with Crippen LogP contribution >= 0.6 is 0 Å². The van der Waals surface area contributed by atoms with Gasteiger partial charge in [0.1, 0.15) is 16.9 Å². The molecule has 1 amide bonds. The predicted molar refractivity (Wildman–Crippen MR) is 129 cm³/mol. The number of ether oxygens (including phenoxy) is 1. The molecular formula is C26H28N5O2+. The van der Waals surface area contributed by atoms with E-state index in [9.17, 15) is 4.79 Å². The highest BCUT2D eigenvalue weighted by Gasteiger charge is 2.30. The lowest BCUT2D eigenvalue weighted by molar-refractivity contribution is -0.367. The fourth-order valence-electron chi connectivity index (χ4n) is 4.41. The van der Waals surface area contributed by atoms with Crippen LogP contribution in [0.25, 0.3) is 11.0 Å². The summed E-state index contributed by atoms with van der Waals surface area (Å²) in [5.74, 6) is 2.58. The summed E-state index contributed by atoms with van der Waals surface area (Å²) in [7, 11) is 0. The van der Waals surface area contributed by atoms with Gasteiger partial charge in [-0.2, -0.15) is 0 Å². The van der Waals surface area contributed by atoms with E-state index in [0.29, 0.717) is 5.75 Å². The number of aryl methyl sites for hydroxylation is 2. The Morgan fingerprint density at radius 1 is 1.09 bits per heavy atom. The second kappa shape index (κ2) is 8.94. The van der Waals surface area contributed by atoms with Crippen LogP contribution in [0.5, 0.6) is 11.5 Å². The Labute approximate surface area is 192 Å². The minimum atomic E-state index is -0.0241. The molecule has 1 fully saturated rings. The molecule has 33 heavy (non-hydrogen) atoms. The minimum Gasteiger partial charge on any atom is -0.457 e. The maximum atomic E-state index is 13.1. The molecule has 0 saturated carbocycles. The number of nitrogens with zero attached hydrogens (tertiary/aromatic N) is 2. The van der Waals surface area contributed by atoms with E-state index >= 15 is 0 Å². The highest BCUT2D eigenvalue weighted by Crippen LogP contribution is 2.30. The van der Waals surface area contributed by atoms with Crippen LogP contribution in [-0.4, -0.2) is 29.0 Å². The molecule has 0 aliphatic carbocycles. The Balaban J connectivity index is 1.24. The van der Waals surface area contributed by atoms with Gasteiger partial charge in [-0.15, -0.1) is 0 Å². The van der Waals surface area contributed by atoms with Gasteiger partial charge in [0, 0.05) is 23.9 Å². The Kier molecular flexibility index (Phi) is 5.69. The first-order valence-electron chi connectivity index (χ1n) is 11.3. The van der Waals surface area contributed by atoms with Crippen LogP contribution in [0.15, 0.2) is 61.1 Å². The second-order valence-corrected chi connectivity index (χ2v) is 8.59. The van der Waals surface area contributed by atoms with Crippen LogP contribution in [0.4, 0.5) is 11.5 Å². The molecule has 168 valence electrons. The van der Waals surface area contributed by atoms with Crippen LogP contribution in [0.2, 0.25) is 0 Å². The number of benzene rings is 2. The Bertz CT molecular complexity index is 1280. The van der Waals surface area contributed by atoms with Crippen molar-refractivity contribution in [1.29, 1.82) is 0 Å². The lowest BCUT2D eigenvalue weighted by Crippen LogP contribution is -2.40. The quantitative estimate of drug-likeness (QED) is 0.472. The molecule has 4 aromatic rings. The number of nitrogens with one attached hydrogen (secondary N) is 3. The Hall–Kier alpha value is -3.87. The molecule has 2 aromatic carbocycles. The third kappa shape index (κ3) is 4.39. The molecule has 0 unspecified atom stereocenters. The van der Waals surface area contributed by atoms with Gasteiger partial charge in [-0.3, -0.25) is 9.69 Å². The number of anilines is 2. The van der Waals surface area contributed by atoms with Gasteiger partial charge in [0.05, 0.1) is 13.1 Å². The summed E-state index contributed by atoms with van der Waals surface area (Å²) in [5.41, 5.74) is 3.85. The lowest BCUT2D eigenvalue weighted by Gasteiger charge is -2.29. The zero-order valence-corrected chi connectivity index (χ0v) is 18.9. The molecule has 0 atom stereocenters. The summed E-state index contributed by atoms with van der Waals surface area (Å²) in [4.78, 5) is 26.3. The largest absolute Gasteiger partial charge is 0.457 e. The van der Waals surface area contributed by atoms with E-state index in [-0.39, 0.29) is 11.8 Å². The van der Waals surface area contributed by atoms with E-state index in [1.54, 1.807) is 6.33 Å². The first kappa shape index (κ1) is 21.0. The number of rotatable bonds is 5. The van der Waals surface area contributed by atoms with Crippen molar-refractivity contribution in [2.75, 3.05) is 23.3 Å². The van der Waals surface area contributed by atoms with Crippen molar-refractivity contribution >= 4 is 28.4 Å². The number of H-pyrrole nitrogens is 2. The standard InChI is InChI=1S/C26H27N5O2/c1-17-8-9-21(33-20-6-4-3-5-7-20)14-22(17)30-26(32)19-10-12-31(13-11-19)25-23-18(2)15-27-24(23)28-16-29-25/h3-9,14-16,19H,10-13H2,1-2H3,(H,30,32)(H,27,28,29)/p+1. The van der Waals surface area contributed by atoms with Crippen molar-refractivity contribution < 1.29 is 14.5 Å². The third-order valence-corrected chi connectivity index (χ3v) is 6.32. The molecule has 0 radical (unpaired) electrons. The minimum absolute atomic E-state index is 0.0241.